The zero-order chi connectivity index (χ0) is 23.0. The summed E-state index contributed by atoms with van der Waals surface area (Å²) in [5, 5.41) is 8.89. The molecule has 1 aliphatic carbocycles. The van der Waals surface area contributed by atoms with E-state index in [0.29, 0.717) is 23.6 Å². The van der Waals surface area contributed by atoms with Gasteiger partial charge in [0.05, 0.1) is 22.0 Å². The lowest BCUT2D eigenvalue weighted by molar-refractivity contribution is -0.111. The highest BCUT2D eigenvalue weighted by molar-refractivity contribution is 7.09. The van der Waals surface area contributed by atoms with Crippen LogP contribution in [0, 0.1) is 6.92 Å². The molecule has 0 radical (unpaired) electrons. The van der Waals surface area contributed by atoms with Crippen LogP contribution in [0.4, 0.5) is 5.69 Å². The SMILES string of the molecule is Cc1nc(COc2cccc(/C=C/C(=O)Nc3ccccc3C(=O)NC3CCCC3)c2)cs1. The van der Waals surface area contributed by atoms with E-state index in [9.17, 15) is 9.59 Å². The van der Waals surface area contributed by atoms with Crippen LogP contribution in [0.25, 0.3) is 6.08 Å². The molecule has 170 valence electrons. The maximum absolute atomic E-state index is 12.7. The number of benzene rings is 2. The number of nitrogens with one attached hydrogen (secondary N) is 2. The van der Waals surface area contributed by atoms with Crippen LogP contribution in [0.2, 0.25) is 0 Å². The van der Waals surface area contributed by atoms with Crippen molar-refractivity contribution in [2.45, 2.75) is 45.3 Å². The number of hydrogen-bond donors (Lipinski definition) is 2. The van der Waals surface area contributed by atoms with Gasteiger partial charge in [-0.3, -0.25) is 9.59 Å². The summed E-state index contributed by atoms with van der Waals surface area (Å²) >= 11 is 1.59. The molecule has 33 heavy (non-hydrogen) atoms. The molecule has 3 aromatic rings. The number of carbonyl (C=O) groups is 2. The van der Waals surface area contributed by atoms with Crippen LogP contribution < -0.4 is 15.4 Å². The van der Waals surface area contributed by atoms with Gasteiger partial charge in [0, 0.05) is 17.5 Å². The van der Waals surface area contributed by atoms with Crippen molar-refractivity contribution in [1.29, 1.82) is 0 Å². The van der Waals surface area contributed by atoms with Crippen LogP contribution in [0.15, 0.2) is 60.0 Å². The average molecular weight is 462 g/mol. The minimum atomic E-state index is -0.305. The summed E-state index contributed by atoms with van der Waals surface area (Å²) in [4.78, 5) is 29.6. The van der Waals surface area contributed by atoms with Crippen molar-refractivity contribution in [2.75, 3.05) is 5.32 Å². The first-order valence-corrected chi connectivity index (χ1v) is 12.0. The number of carbonyl (C=O) groups excluding carboxylic acids is 2. The highest BCUT2D eigenvalue weighted by Crippen LogP contribution is 2.21. The molecule has 1 aliphatic rings. The Morgan fingerprint density at radius 2 is 1.97 bits per heavy atom. The van der Waals surface area contributed by atoms with Crippen molar-refractivity contribution >= 4 is 34.9 Å². The number of aryl methyl sites for hydroxylation is 1. The number of para-hydroxylation sites is 1. The number of aromatic nitrogens is 1. The molecule has 0 unspecified atom stereocenters. The van der Waals surface area contributed by atoms with Gasteiger partial charge in [0.25, 0.3) is 5.91 Å². The second-order valence-corrected chi connectivity index (χ2v) is 9.10. The fourth-order valence-corrected chi connectivity index (χ4v) is 4.41. The summed E-state index contributed by atoms with van der Waals surface area (Å²) in [6.07, 6.45) is 7.48. The first-order valence-electron chi connectivity index (χ1n) is 11.1. The molecule has 2 amide bonds. The number of rotatable bonds is 8. The molecule has 2 aromatic carbocycles. The third-order valence-corrected chi connectivity index (χ3v) is 6.28. The van der Waals surface area contributed by atoms with Gasteiger partial charge in [-0.1, -0.05) is 37.1 Å². The topological polar surface area (TPSA) is 80.3 Å². The van der Waals surface area contributed by atoms with E-state index in [1.54, 1.807) is 41.7 Å². The van der Waals surface area contributed by atoms with Crippen molar-refractivity contribution in [2.24, 2.45) is 0 Å². The van der Waals surface area contributed by atoms with Gasteiger partial charge in [0.15, 0.2) is 0 Å². The molecule has 0 spiro atoms. The predicted molar refractivity (Wildman–Crippen MR) is 131 cm³/mol. The Balaban J connectivity index is 1.36. The van der Waals surface area contributed by atoms with E-state index in [4.69, 9.17) is 4.74 Å². The minimum absolute atomic E-state index is 0.151. The Hall–Kier alpha value is -3.45. The first-order chi connectivity index (χ1) is 16.1. The van der Waals surface area contributed by atoms with Crippen LogP contribution in [-0.2, 0) is 11.4 Å². The molecule has 1 heterocycles. The number of ether oxygens (including phenoxy) is 1. The van der Waals surface area contributed by atoms with Crippen LogP contribution in [-0.4, -0.2) is 22.8 Å². The van der Waals surface area contributed by atoms with Gasteiger partial charge in [0.1, 0.15) is 12.4 Å². The quantitative estimate of drug-likeness (QED) is 0.443. The highest BCUT2D eigenvalue weighted by atomic mass is 32.1. The molecule has 0 atom stereocenters. The van der Waals surface area contributed by atoms with Crippen LogP contribution >= 0.6 is 11.3 Å². The van der Waals surface area contributed by atoms with Gasteiger partial charge in [0.2, 0.25) is 5.91 Å². The van der Waals surface area contributed by atoms with E-state index < -0.39 is 0 Å². The molecule has 2 N–H and O–H groups in total. The summed E-state index contributed by atoms with van der Waals surface area (Å²) in [5.74, 6) is 0.250. The van der Waals surface area contributed by atoms with Gasteiger partial charge in [-0.2, -0.15) is 0 Å². The Bertz CT molecular complexity index is 1150. The van der Waals surface area contributed by atoms with Crippen molar-refractivity contribution in [1.82, 2.24) is 10.3 Å². The third kappa shape index (κ3) is 6.52. The van der Waals surface area contributed by atoms with Crippen LogP contribution in [0.1, 0.15) is 52.3 Å². The number of anilines is 1. The zero-order valence-electron chi connectivity index (χ0n) is 18.5. The zero-order valence-corrected chi connectivity index (χ0v) is 19.4. The first kappa shape index (κ1) is 22.7. The minimum Gasteiger partial charge on any atom is -0.487 e. The highest BCUT2D eigenvalue weighted by Gasteiger charge is 2.19. The van der Waals surface area contributed by atoms with Gasteiger partial charge >= 0.3 is 0 Å². The maximum atomic E-state index is 12.7. The molecular weight excluding hydrogens is 434 g/mol. The molecule has 4 rings (SSSR count). The van der Waals surface area contributed by atoms with E-state index in [-0.39, 0.29) is 17.9 Å². The molecule has 6 nitrogen and oxygen atoms in total. The lowest BCUT2D eigenvalue weighted by Gasteiger charge is -2.14. The van der Waals surface area contributed by atoms with E-state index in [1.807, 2.05) is 36.6 Å². The van der Waals surface area contributed by atoms with E-state index in [1.165, 1.54) is 6.08 Å². The Morgan fingerprint density at radius 1 is 1.15 bits per heavy atom. The third-order valence-electron chi connectivity index (χ3n) is 5.46. The van der Waals surface area contributed by atoms with Gasteiger partial charge in [-0.05, 0) is 55.7 Å². The molecule has 1 aromatic heterocycles. The van der Waals surface area contributed by atoms with Gasteiger partial charge in [-0.15, -0.1) is 11.3 Å². The monoisotopic (exact) mass is 461 g/mol. The summed E-state index contributed by atoms with van der Waals surface area (Å²) in [6, 6.07) is 14.8. The predicted octanol–water partition coefficient (Wildman–Crippen LogP) is 5.35. The summed E-state index contributed by atoms with van der Waals surface area (Å²) < 4.78 is 5.81. The summed E-state index contributed by atoms with van der Waals surface area (Å²) in [7, 11) is 0. The largest absolute Gasteiger partial charge is 0.487 e. The molecule has 1 saturated carbocycles. The van der Waals surface area contributed by atoms with E-state index >= 15 is 0 Å². The number of amides is 2. The molecule has 7 heteroatoms. The second-order valence-electron chi connectivity index (χ2n) is 8.04. The van der Waals surface area contributed by atoms with Crippen molar-refractivity contribution in [3.8, 4) is 5.75 Å². The second kappa shape index (κ2) is 10.9. The van der Waals surface area contributed by atoms with Crippen molar-refractivity contribution in [3.05, 3.63) is 81.8 Å². The maximum Gasteiger partial charge on any atom is 0.253 e. The van der Waals surface area contributed by atoms with Crippen LogP contribution in [0.5, 0.6) is 5.75 Å². The van der Waals surface area contributed by atoms with E-state index in [2.05, 4.69) is 15.6 Å². The van der Waals surface area contributed by atoms with Crippen molar-refractivity contribution < 1.29 is 14.3 Å². The number of nitrogens with zero attached hydrogens (tertiary/aromatic N) is 1. The molecule has 1 fully saturated rings. The lowest BCUT2D eigenvalue weighted by atomic mass is 10.1. The smallest absolute Gasteiger partial charge is 0.253 e. The van der Waals surface area contributed by atoms with Crippen LogP contribution in [0.3, 0.4) is 0 Å². The van der Waals surface area contributed by atoms with E-state index in [0.717, 1.165) is 41.9 Å². The normalized spacial score (nSPS) is 13.8. The summed E-state index contributed by atoms with van der Waals surface area (Å²) in [5.41, 5.74) is 2.70. The average Bonchev–Trinajstić information content (AvgIpc) is 3.48. The Morgan fingerprint density at radius 3 is 2.76 bits per heavy atom. The number of hydrogen-bond acceptors (Lipinski definition) is 5. The Kier molecular flexibility index (Phi) is 7.52. The fourth-order valence-electron chi connectivity index (χ4n) is 3.81. The number of thiazole rings is 1. The van der Waals surface area contributed by atoms with Gasteiger partial charge in [-0.25, -0.2) is 4.98 Å². The molecular formula is C26H27N3O3S. The fraction of sp³-hybridized carbons (Fsp3) is 0.269. The lowest BCUT2D eigenvalue weighted by Crippen LogP contribution is -2.33. The van der Waals surface area contributed by atoms with Gasteiger partial charge < -0.3 is 15.4 Å². The molecule has 0 aliphatic heterocycles. The molecule has 0 saturated heterocycles. The standard InChI is InChI=1S/C26H27N3O3S/c1-18-27-21(17-33-18)16-32-22-10-6-7-19(15-22)13-14-25(30)29-24-12-5-4-11-23(24)26(31)28-20-8-2-3-9-20/h4-7,10-15,17,20H,2-3,8-9,16H2,1H3,(H,28,31)(H,29,30)/b14-13+. The summed E-state index contributed by atoms with van der Waals surface area (Å²) in [6.45, 7) is 2.36. The Labute approximate surface area is 197 Å². The van der Waals surface area contributed by atoms with Crippen molar-refractivity contribution in [3.63, 3.8) is 0 Å². The molecule has 0 bridgehead atoms.